The van der Waals surface area contributed by atoms with Crippen LogP contribution in [-0.2, 0) is 4.79 Å². The lowest BCUT2D eigenvalue weighted by Gasteiger charge is -2.30. The number of fused-ring (bicyclic) bond motifs is 1. The number of hydrogen-bond acceptors (Lipinski definition) is 5. The number of nitrogens with one attached hydrogen (secondary N) is 2. The maximum atomic E-state index is 13.3. The first-order valence-electron chi connectivity index (χ1n) is 12.9. The molecule has 8 heteroatoms. The van der Waals surface area contributed by atoms with Gasteiger partial charge in [-0.1, -0.05) is 25.4 Å². The number of furan rings is 1. The van der Waals surface area contributed by atoms with E-state index in [0.29, 0.717) is 39.3 Å². The molecular weight excluding hydrogens is 476 g/mol. The minimum Gasteiger partial charge on any atom is -0.449 e. The van der Waals surface area contributed by atoms with Gasteiger partial charge in [-0.25, -0.2) is 4.98 Å². The van der Waals surface area contributed by atoms with Gasteiger partial charge in [0.1, 0.15) is 17.1 Å². The molecule has 1 aliphatic rings. The summed E-state index contributed by atoms with van der Waals surface area (Å²) in [6, 6.07) is 9.09. The summed E-state index contributed by atoms with van der Waals surface area (Å²) in [6.07, 6.45) is 5.26. The van der Waals surface area contributed by atoms with Crippen molar-refractivity contribution in [1.29, 1.82) is 0 Å². The Bertz CT molecular complexity index is 1210. The van der Waals surface area contributed by atoms with Crippen LogP contribution >= 0.6 is 11.6 Å². The van der Waals surface area contributed by atoms with E-state index in [0.717, 1.165) is 44.5 Å². The summed E-state index contributed by atoms with van der Waals surface area (Å²) in [7, 11) is 0. The predicted molar refractivity (Wildman–Crippen MR) is 146 cm³/mol. The van der Waals surface area contributed by atoms with Gasteiger partial charge in [0, 0.05) is 42.3 Å². The summed E-state index contributed by atoms with van der Waals surface area (Å²) in [5.41, 5.74) is 1.95. The fourth-order valence-corrected chi connectivity index (χ4v) is 5.16. The Hall–Kier alpha value is -3.06. The number of anilines is 3. The first-order chi connectivity index (χ1) is 17.3. The second-order valence-electron chi connectivity index (χ2n) is 9.82. The van der Waals surface area contributed by atoms with Gasteiger partial charge in [0.05, 0.1) is 5.02 Å². The van der Waals surface area contributed by atoms with Gasteiger partial charge in [0.25, 0.3) is 5.91 Å². The summed E-state index contributed by atoms with van der Waals surface area (Å²) in [6.45, 7) is 10.4. The normalized spacial score (nSPS) is 17.8. The molecule has 2 N–H and O–H groups in total. The van der Waals surface area contributed by atoms with Crippen molar-refractivity contribution >= 4 is 51.6 Å². The lowest BCUT2D eigenvalue weighted by Crippen LogP contribution is -2.29. The van der Waals surface area contributed by atoms with E-state index in [1.54, 1.807) is 12.1 Å². The van der Waals surface area contributed by atoms with Gasteiger partial charge in [-0.05, 0) is 75.6 Å². The quantitative estimate of drug-likeness (QED) is 0.341. The molecule has 1 saturated carbocycles. The molecule has 0 spiro atoms. The lowest BCUT2D eigenvalue weighted by atomic mass is 9.76. The predicted octanol–water partition coefficient (Wildman–Crippen LogP) is 6.98. The first-order valence-corrected chi connectivity index (χ1v) is 13.2. The molecule has 3 aromatic rings. The van der Waals surface area contributed by atoms with Gasteiger partial charge in [-0.2, -0.15) is 0 Å². The molecule has 0 atom stereocenters. The van der Waals surface area contributed by atoms with Crippen molar-refractivity contribution in [3.05, 3.63) is 47.3 Å². The van der Waals surface area contributed by atoms with Crippen LogP contribution in [0.2, 0.25) is 5.02 Å². The van der Waals surface area contributed by atoms with Crippen molar-refractivity contribution in [1.82, 2.24) is 4.98 Å². The minimum atomic E-state index is -0.482. The van der Waals surface area contributed by atoms with Crippen LogP contribution in [0.5, 0.6) is 0 Å². The number of rotatable bonds is 8. The van der Waals surface area contributed by atoms with Gasteiger partial charge in [0.15, 0.2) is 0 Å². The Morgan fingerprint density at radius 1 is 1.08 bits per heavy atom. The van der Waals surface area contributed by atoms with Crippen LogP contribution in [0.3, 0.4) is 0 Å². The Morgan fingerprint density at radius 3 is 2.42 bits per heavy atom. The fourth-order valence-electron chi connectivity index (χ4n) is 5.05. The Kier molecular flexibility index (Phi) is 8.19. The molecule has 36 heavy (non-hydrogen) atoms. The molecule has 0 saturated heterocycles. The van der Waals surface area contributed by atoms with E-state index in [1.165, 1.54) is 6.20 Å². The standard InChI is InChI=1S/C28H35ClN4O3/c1-5-33(6-2)21-12-13-22-23(15-21)36-26(28(35)31-24-14-11-20(29)16-30-24)25(22)32-27(34)19-9-7-18(8-10-19)17(3)4/h11-19H,5-10H2,1-4H3,(H,32,34)(H,30,31,35). The van der Waals surface area contributed by atoms with Gasteiger partial charge >= 0.3 is 0 Å². The van der Waals surface area contributed by atoms with Crippen LogP contribution in [0, 0.1) is 17.8 Å². The fraction of sp³-hybridized carbons (Fsp3) is 0.464. The average Bonchev–Trinajstić information content (AvgIpc) is 3.24. The topological polar surface area (TPSA) is 87.5 Å². The van der Waals surface area contributed by atoms with E-state index in [-0.39, 0.29) is 17.6 Å². The highest BCUT2D eigenvalue weighted by Gasteiger charge is 2.30. The number of pyridine rings is 1. The number of halogens is 1. The molecule has 2 amide bonds. The van der Waals surface area contributed by atoms with Gasteiger partial charge in [0.2, 0.25) is 11.7 Å². The zero-order valence-corrected chi connectivity index (χ0v) is 22.2. The van der Waals surface area contributed by atoms with Gasteiger partial charge in [-0.15, -0.1) is 0 Å². The van der Waals surface area contributed by atoms with Crippen LogP contribution in [0.4, 0.5) is 17.2 Å². The van der Waals surface area contributed by atoms with Crippen molar-refractivity contribution in [2.75, 3.05) is 28.6 Å². The second-order valence-corrected chi connectivity index (χ2v) is 10.3. The Balaban J connectivity index is 1.64. The summed E-state index contributed by atoms with van der Waals surface area (Å²) in [5, 5.41) is 6.98. The molecule has 192 valence electrons. The maximum absolute atomic E-state index is 13.3. The monoisotopic (exact) mass is 510 g/mol. The molecule has 2 aromatic heterocycles. The van der Waals surface area contributed by atoms with E-state index in [1.807, 2.05) is 18.2 Å². The second kappa shape index (κ2) is 11.3. The molecule has 0 unspecified atom stereocenters. The van der Waals surface area contributed by atoms with E-state index in [2.05, 4.69) is 48.2 Å². The largest absolute Gasteiger partial charge is 0.449 e. The minimum absolute atomic E-state index is 0.0580. The van der Waals surface area contributed by atoms with Crippen molar-refractivity contribution < 1.29 is 14.0 Å². The van der Waals surface area contributed by atoms with Crippen LogP contribution in [-0.4, -0.2) is 29.9 Å². The summed E-state index contributed by atoms with van der Waals surface area (Å²) >= 11 is 5.92. The molecule has 2 heterocycles. The molecule has 0 aliphatic heterocycles. The van der Waals surface area contributed by atoms with E-state index in [4.69, 9.17) is 16.0 Å². The van der Waals surface area contributed by atoms with Crippen LogP contribution in [0.1, 0.15) is 63.9 Å². The molecule has 1 fully saturated rings. The summed E-state index contributed by atoms with van der Waals surface area (Å²) < 4.78 is 6.07. The Labute approximate surface area is 217 Å². The third kappa shape index (κ3) is 5.67. The van der Waals surface area contributed by atoms with Crippen molar-refractivity contribution in [3.63, 3.8) is 0 Å². The molecular formula is C28H35ClN4O3. The zero-order chi connectivity index (χ0) is 25.8. The lowest BCUT2D eigenvalue weighted by molar-refractivity contribution is -0.121. The van der Waals surface area contributed by atoms with Crippen LogP contribution < -0.4 is 15.5 Å². The van der Waals surface area contributed by atoms with Crippen LogP contribution in [0.25, 0.3) is 11.0 Å². The number of carbonyl (C=O) groups excluding carboxylic acids is 2. The molecule has 1 aromatic carbocycles. The molecule has 4 rings (SSSR count). The number of aromatic nitrogens is 1. The molecule has 0 radical (unpaired) electrons. The highest BCUT2D eigenvalue weighted by molar-refractivity contribution is 6.30. The number of carbonyl (C=O) groups is 2. The highest BCUT2D eigenvalue weighted by Crippen LogP contribution is 2.37. The van der Waals surface area contributed by atoms with Crippen molar-refractivity contribution in [3.8, 4) is 0 Å². The summed E-state index contributed by atoms with van der Waals surface area (Å²) in [4.78, 5) is 32.9. The highest BCUT2D eigenvalue weighted by atomic mass is 35.5. The molecule has 0 bridgehead atoms. The van der Waals surface area contributed by atoms with Gasteiger partial charge < -0.3 is 20.0 Å². The zero-order valence-electron chi connectivity index (χ0n) is 21.4. The van der Waals surface area contributed by atoms with E-state index >= 15 is 0 Å². The van der Waals surface area contributed by atoms with Crippen molar-refractivity contribution in [2.24, 2.45) is 17.8 Å². The third-order valence-corrected chi connectivity index (χ3v) is 7.53. The number of benzene rings is 1. The number of amides is 2. The third-order valence-electron chi connectivity index (χ3n) is 7.31. The SMILES string of the molecule is CCN(CC)c1ccc2c(NC(=O)C3CCC(C(C)C)CC3)c(C(=O)Nc3ccc(Cl)cn3)oc2c1. The van der Waals surface area contributed by atoms with Crippen LogP contribution in [0.15, 0.2) is 40.9 Å². The smallest absolute Gasteiger partial charge is 0.294 e. The molecule has 1 aliphatic carbocycles. The van der Waals surface area contributed by atoms with Gasteiger partial charge in [-0.3, -0.25) is 9.59 Å². The molecule has 7 nitrogen and oxygen atoms in total. The Morgan fingerprint density at radius 2 is 1.81 bits per heavy atom. The van der Waals surface area contributed by atoms with E-state index < -0.39 is 5.91 Å². The first kappa shape index (κ1) is 26.0. The van der Waals surface area contributed by atoms with E-state index in [9.17, 15) is 9.59 Å². The maximum Gasteiger partial charge on any atom is 0.294 e. The average molecular weight is 511 g/mol. The van der Waals surface area contributed by atoms with Crippen molar-refractivity contribution in [2.45, 2.75) is 53.4 Å². The summed E-state index contributed by atoms with van der Waals surface area (Å²) in [5.74, 6) is 1.07. The number of hydrogen-bond donors (Lipinski definition) is 2. The number of nitrogens with zero attached hydrogens (tertiary/aromatic N) is 2.